The van der Waals surface area contributed by atoms with E-state index in [1.54, 1.807) is 0 Å². The molecule has 0 atom stereocenters. The van der Waals surface area contributed by atoms with Gasteiger partial charge in [-0.25, -0.2) is 4.79 Å². The fourth-order valence-corrected chi connectivity index (χ4v) is 2.22. The standard InChI is InChI=1S/C8H12O3/c1-2-7-3-8(4-7,6(9)10)11-5-7/h2-5H2,1H3,(H,9,10). The van der Waals surface area contributed by atoms with Gasteiger partial charge in [-0.2, -0.15) is 0 Å². The number of aliphatic carboxylic acids is 1. The number of hydrogen-bond donors (Lipinski definition) is 1. The minimum Gasteiger partial charge on any atom is -0.479 e. The van der Waals surface area contributed by atoms with E-state index in [2.05, 4.69) is 6.92 Å². The fraction of sp³-hybridized carbons (Fsp3) is 0.875. The Bertz CT molecular complexity index is 203. The van der Waals surface area contributed by atoms with Gasteiger partial charge in [0, 0.05) is 5.41 Å². The summed E-state index contributed by atoms with van der Waals surface area (Å²) in [6.45, 7) is 2.75. The summed E-state index contributed by atoms with van der Waals surface area (Å²) < 4.78 is 5.27. The van der Waals surface area contributed by atoms with E-state index in [1.807, 2.05) is 0 Å². The third-order valence-electron chi connectivity index (χ3n) is 3.12. The van der Waals surface area contributed by atoms with Gasteiger partial charge in [0.2, 0.25) is 0 Å². The van der Waals surface area contributed by atoms with Crippen molar-refractivity contribution in [1.82, 2.24) is 0 Å². The van der Waals surface area contributed by atoms with Crippen molar-refractivity contribution >= 4 is 5.97 Å². The van der Waals surface area contributed by atoms with E-state index in [1.165, 1.54) is 0 Å². The van der Waals surface area contributed by atoms with E-state index in [0.29, 0.717) is 6.61 Å². The van der Waals surface area contributed by atoms with Gasteiger partial charge in [-0.1, -0.05) is 6.92 Å². The number of carboxylic acid groups (broad SMARTS) is 1. The van der Waals surface area contributed by atoms with Gasteiger partial charge in [-0.05, 0) is 19.3 Å². The van der Waals surface area contributed by atoms with Crippen LogP contribution in [0, 0.1) is 5.41 Å². The molecule has 0 aromatic rings. The monoisotopic (exact) mass is 156 g/mol. The molecule has 3 nitrogen and oxygen atoms in total. The molecule has 3 aliphatic rings. The topological polar surface area (TPSA) is 46.5 Å². The summed E-state index contributed by atoms with van der Waals surface area (Å²) in [7, 11) is 0. The third-order valence-corrected chi connectivity index (χ3v) is 3.12. The normalized spacial score (nSPS) is 47.0. The number of hydrogen-bond acceptors (Lipinski definition) is 2. The van der Waals surface area contributed by atoms with Crippen LogP contribution in [0.15, 0.2) is 0 Å². The van der Waals surface area contributed by atoms with E-state index < -0.39 is 11.6 Å². The SMILES string of the molecule is CCC12COC(C(=O)O)(C1)C2. The summed E-state index contributed by atoms with van der Waals surface area (Å²) in [6.07, 6.45) is 2.50. The Morgan fingerprint density at radius 2 is 2.27 bits per heavy atom. The largest absolute Gasteiger partial charge is 0.479 e. The van der Waals surface area contributed by atoms with Gasteiger partial charge in [-0.15, -0.1) is 0 Å². The second kappa shape index (κ2) is 1.78. The highest BCUT2D eigenvalue weighted by atomic mass is 16.5. The smallest absolute Gasteiger partial charge is 0.336 e. The predicted molar refractivity (Wildman–Crippen MR) is 38.3 cm³/mol. The Labute approximate surface area is 65.4 Å². The number of ether oxygens (including phenoxy) is 1. The summed E-state index contributed by atoms with van der Waals surface area (Å²) in [5.41, 5.74) is -0.561. The molecule has 2 aliphatic heterocycles. The molecule has 11 heavy (non-hydrogen) atoms. The minimum absolute atomic E-state index is 0.221. The maximum absolute atomic E-state index is 10.7. The Morgan fingerprint density at radius 1 is 1.64 bits per heavy atom. The minimum atomic E-state index is -0.782. The van der Waals surface area contributed by atoms with Gasteiger partial charge in [0.25, 0.3) is 0 Å². The molecule has 0 aromatic carbocycles. The molecule has 1 aliphatic carbocycles. The van der Waals surface area contributed by atoms with Crippen LogP contribution in [0.2, 0.25) is 0 Å². The molecule has 2 bridgehead atoms. The van der Waals surface area contributed by atoms with Crippen molar-refractivity contribution < 1.29 is 14.6 Å². The molecule has 0 amide bonds. The lowest BCUT2D eigenvalue weighted by Gasteiger charge is -2.40. The summed E-state index contributed by atoms with van der Waals surface area (Å²) in [5.74, 6) is -0.779. The van der Waals surface area contributed by atoms with Crippen molar-refractivity contribution in [2.45, 2.75) is 31.8 Å². The molecule has 0 radical (unpaired) electrons. The highest BCUT2D eigenvalue weighted by Crippen LogP contribution is 2.59. The van der Waals surface area contributed by atoms with Crippen molar-refractivity contribution in [1.29, 1.82) is 0 Å². The average Bonchev–Trinajstić information content (AvgIpc) is 2.39. The highest BCUT2D eigenvalue weighted by molar-refractivity contribution is 5.80. The molecule has 3 rings (SSSR count). The second-order valence-electron chi connectivity index (χ2n) is 3.80. The van der Waals surface area contributed by atoms with Crippen LogP contribution >= 0.6 is 0 Å². The summed E-state index contributed by atoms with van der Waals surface area (Å²) in [6, 6.07) is 0. The molecule has 62 valence electrons. The summed E-state index contributed by atoms with van der Waals surface area (Å²) in [4.78, 5) is 10.7. The van der Waals surface area contributed by atoms with Crippen LogP contribution in [-0.4, -0.2) is 23.3 Å². The van der Waals surface area contributed by atoms with E-state index in [4.69, 9.17) is 9.84 Å². The number of fused-ring (bicyclic) bond motifs is 1. The highest BCUT2D eigenvalue weighted by Gasteiger charge is 2.65. The first-order chi connectivity index (χ1) is 5.13. The molecular formula is C8H12O3. The van der Waals surface area contributed by atoms with Gasteiger partial charge in [0.05, 0.1) is 6.61 Å². The Morgan fingerprint density at radius 3 is 2.55 bits per heavy atom. The zero-order chi connectivity index (χ0) is 8.11. The van der Waals surface area contributed by atoms with Gasteiger partial charge in [0.1, 0.15) is 0 Å². The van der Waals surface area contributed by atoms with Crippen LogP contribution in [0.3, 0.4) is 0 Å². The van der Waals surface area contributed by atoms with Crippen LogP contribution in [0.4, 0.5) is 0 Å². The molecule has 2 saturated heterocycles. The molecule has 0 spiro atoms. The Kier molecular flexibility index (Phi) is 1.15. The van der Waals surface area contributed by atoms with Crippen molar-refractivity contribution in [3.8, 4) is 0 Å². The van der Waals surface area contributed by atoms with Crippen molar-refractivity contribution in [2.75, 3.05) is 6.61 Å². The third kappa shape index (κ3) is 0.692. The van der Waals surface area contributed by atoms with E-state index in [-0.39, 0.29) is 5.41 Å². The summed E-state index contributed by atoms with van der Waals surface area (Å²) >= 11 is 0. The number of rotatable bonds is 2. The van der Waals surface area contributed by atoms with Crippen LogP contribution < -0.4 is 0 Å². The first-order valence-corrected chi connectivity index (χ1v) is 4.00. The van der Waals surface area contributed by atoms with Crippen molar-refractivity contribution in [2.24, 2.45) is 5.41 Å². The van der Waals surface area contributed by atoms with Crippen LogP contribution in [-0.2, 0) is 9.53 Å². The maximum atomic E-state index is 10.7. The van der Waals surface area contributed by atoms with Crippen molar-refractivity contribution in [3.05, 3.63) is 0 Å². The number of carboxylic acids is 1. The molecule has 3 heteroatoms. The quantitative estimate of drug-likeness (QED) is 0.649. The lowest BCUT2D eigenvalue weighted by molar-refractivity contribution is -0.164. The first kappa shape index (κ1) is 7.10. The summed E-state index contributed by atoms with van der Waals surface area (Å²) in [5, 5.41) is 8.80. The van der Waals surface area contributed by atoms with Gasteiger partial charge < -0.3 is 9.84 Å². The average molecular weight is 156 g/mol. The predicted octanol–water partition coefficient (Wildman–Crippen LogP) is 1.03. The van der Waals surface area contributed by atoms with Gasteiger partial charge >= 0.3 is 5.97 Å². The maximum Gasteiger partial charge on any atom is 0.336 e. The fourth-order valence-electron chi connectivity index (χ4n) is 2.22. The Hall–Kier alpha value is -0.570. The molecule has 3 fully saturated rings. The molecule has 1 N–H and O–H groups in total. The first-order valence-electron chi connectivity index (χ1n) is 4.00. The molecule has 2 heterocycles. The Balaban J connectivity index is 2.14. The number of carbonyl (C=O) groups is 1. The van der Waals surface area contributed by atoms with Gasteiger partial charge in [-0.3, -0.25) is 0 Å². The molecule has 1 saturated carbocycles. The van der Waals surface area contributed by atoms with Crippen LogP contribution in [0.5, 0.6) is 0 Å². The van der Waals surface area contributed by atoms with Gasteiger partial charge in [0.15, 0.2) is 5.60 Å². The second-order valence-corrected chi connectivity index (χ2v) is 3.80. The van der Waals surface area contributed by atoms with E-state index >= 15 is 0 Å². The van der Waals surface area contributed by atoms with Crippen LogP contribution in [0.25, 0.3) is 0 Å². The van der Waals surface area contributed by atoms with Crippen LogP contribution in [0.1, 0.15) is 26.2 Å². The van der Waals surface area contributed by atoms with E-state index in [9.17, 15) is 4.79 Å². The zero-order valence-corrected chi connectivity index (χ0v) is 6.59. The van der Waals surface area contributed by atoms with Crippen molar-refractivity contribution in [3.63, 3.8) is 0 Å². The lowest BCUT2D eigenvalue weighted by atomic mass is 9.61. The lowest BCUT2D eigenvalue weighted by Crippen LogP contribution is -2.49. The zero-order valence-electron chi connectivity index (χ0n) is 6.59. The molecule has 0 unspecified atom stereocenters. The molecular weight excluding hydrogens is 144 g/mol. The molecule has 0 aromatic heterocycles. The van der Waals surface area contributed by atoms with E-state index in [0.717, 1.165) is 19.3 Å².